The summed E-state index contributed by atoms with van der Waals surface area (Å²) in [5.74, 6) is -3.36. The van der Waals surface area contributed by atoms with Crippen LogP contribution in [0, 0.1) is 11.8 Å². The second-order valence-electron chi connectivity index (χ2n) is 12.1. The maximum Gasteiger partial charge on any atom is 0.313 e. The number of hydrogen-bond donors (Lipinski definition) is 2. The molecule has 1 aromatic rings. The van der Waals surface area contributed by atoms with Gasteiger partial charge in [-0.25, -0.2) is 0 Å². The fourth-order valence-electron chi connectivity index (χ4n) is 6.95. The van der Waals surface area contributed by atoms with Crippen LogP contribution in [0.15, 0.2) is 55.6 Å². The summed E-state index contributed by atoms with van der Waals surface area (Å²) in [7, 11) is 0. The number of hydrogen-bond acceptors (Lipinski definition) is 7. The van der Waals surface area contributed by atoms with Gasteiger partial charge in [0, 0.05) is 37.0 Å². The van der Waals surface area contributed by atoms with Gasteiger partial charge in [-0.15, -0.1) is 13.2 Å². The number of aliphatic hydroxyl groups excluding tert-OH is 1. The lowest BCUT2D eigenvalue weighted by molar-refractivity contribution is -0.162. The minimum absolute atomic E-state index is 0.146. The van der Waals surface area contributed by atoms with Gasteiger partial charge in [0.15, 0.2) is 0 Å². The molecule has 2 bridgehead atoms. The van der Waals surface area contributed by atoms with Gasteiger partial charge in [-0.3, -0.25) is 19.2 Å². The molecular weight excluding hydrogens is 630 g/mol. The summed E-state index contributed by atoms with van der Waals surface area (Å²) in [6, 6.07) is 7.44. The van der Waals surface area contributed by atoms with Crippen molar-refractivity contribution in [2.24, 2.45) is 11.8 Å². The molecule has 3 aliphatic heterocycles. The molecular formula is C33H44BrN3O7. The predicted molar refractivity (Wildman–Crippen MR) is 168 cm³/mol. The lowest BCUT2D eigenvalue weighted by Crippen LogP contribution is -2.58. The third-order valence-corrected chi connectivity index (χ3v) is 9.72. The average molecular weight is 675 g/mol. The Bertz CT molecular complexity index is 1240. The molecule has 1 aromatic carbocycles. The maximum absolute atomic E-state index is 14.2. The number of amides is 3. The fraction of sp³-hybridized carbons (Fsp3) is 0.576. The van der Waals surface area contributed by atoms with Gasteiger partial charge in [0.05, 0.1) is 24.0 Å². The van der Waals surface area contributed by atoms with Crippen LogP contribution in [0.4, 0.5) is 0 Å². The van der Waals surface area contributed by atoms with E-state index in [0.717, 1.165) is 0 Å². The first-order valence-electron chi connectivity index (χ1n) is 15.3. The quantitative estimate of drug-likeness (QED) is 0.166. The van der Waals surface area contributed by atoms with Crippen LogP contribution < -0.4 is 5.32 Å². The third kappa shape index (κ3) is 6.37. The van der Waals surface area contributed by atoms with Crippen molar-refractivity contribution in [1.82, 2.24) is 15.1 Å². The van der Waals surface area contributed by atoms with Crippen molar-refractivity contribution in [2.45, 2.75) is 87.2 Å². The monoisotopic (exact) mass is 673 g/mol. The number of nitrogens with zero attached hydrogens (tertiary/aromatic N) is 2. The van der Waals surface area contributed by atoms with E-state index in [9.17, 15) is 24.3 Å². The van der Waals surface area contributed by atoms with Crippen molar-refractivity contribution < 1.29 is 33.8 Å². The summed E-state index contributed by atoms with van der Waals surface area (Å²) in [4.78, 5) is 58.0. The Labute approximate surface area is 267 Å². The number of likely N-dealkylation sites (tertiary alicyclic amines) is 1. The zero-order chi connectivity index (χ0) is 32.2. The number of aliphatic hydroxyl groups is 1. The smallest absolute Gasteiger partial charge is 0.313 e. The summed E-state index contributed by atoms with van der Waals surface area (Å²) in [6.07, 6.45) is 3.20. The van der Waals surface area contributed by atoms with Gasteiger partial charge in [0.2, 0.25) is 17.7 Å². The summed E-state index contributed by atoms with van der Waals surface area (Å²) in [5.41, 5.74) is -0.549. The highest BCUT2D eigenvalue weighted by molar-refractivity contribution is 9.09. The molecule has 3 aliphatic rings. The minimum atomic E-state index is -1.24. The molecule has 3 saturated heterocycles. The molecule has 3 heterocycles. The highest BCUT2D eigenvalue weighted by atomic mass is 79.9. The maximum atomic E-state index is 14.2. The van der Waals surface area contributed by atoms with Gasteiger partial charge in [-0.05, 0) is 45.6 Å². The average Bonchev–Trinajstić information content (AvgIpc) is 3.59. The van der Waals surface area contributed by atoms with Crippen molar-refractivity contribution in [2.75, 3.05) is 19.7 Å². The second-order valence-corrected chi connectivity index (χ2v) is 13.3. The number of allylic oxidation sites excluding steroid dienone is 1. The van der Waals surface area contributed by atoms with Crippen molar-refractivity contribution >= 4 is 39.6 Å². The Morgan fingerprint density at radius 2 is 1.93 bits per heavy atom. The number of fused-ring (bicyclic) bond motifs is 1. The SMILES string of the molecule is C=CCCC(=O)N[C@H](C)[C@@H](OC(=O)[C@H]1[C@@H]2O[C@@]3(CC2Br)[C@@H]1C(=O)N(CCCO)[C@@H]3C(=O)N(CC=C)C(C)C)c1ccccc1. The lowest BCUT2D eigenvalue weighted by Gasteiger charge is -2.38. The van der Waals surface area contributed by atoms with Crippen molar-refractivity contribution in [3.63, 3.8) is 0 Å². The predicted octanol–water partition coefficient (Wildman–Crippen LogP) is 3.30. The molecule has 8 atom stereocenters. The molecule has 1 unspecified atom stereocenters. The van der Waals surface area contributed by atoms with E-state index in [1.165, 1.54) is 4.90 Å². The van der Waals surface area contributed by atoms with E-state index in [2.05, 4.69) is 34.4 Å². The Morgan fingerprint density at radius 3 is 2.55 bits per heavy atom. The molecule has 1 spiro atoms. The molecule has 11 heteroatoms. The summed E-state index contributed by atoms with van der Waals surface area (Å²) < 4.78 is 12.8. The van der Waals surface area contributed by atoms with Gasteiger partial charge in [0.25, 0.3) is 0 Å². The molecule has 3 fully saturated rings. The number of benzene rings is 1. The normalized spacial score (nSPS) is 28.4. The van der Waals surface area contributed by atoms with E-state index in [-0.39, 0.29) is 61.1 Å². The van der Waals surface area contributed by atoms with Crippen LogP contribution >= 0.6 is 15.9 Å². The largest absolute Gasteiger partial charge is 0.455 e. The molecule has 44 heavy (non-hydrogen) atoms. The van der Waals surface area contributed by atoms with Crippen molar-refractivity contribution in [3.8, 4) is 0 Å². The summed E-state index contributed by atoms with van der Waals surface area (Å²) in [6.45, 7) is 13.3. The molecule has 0 aliphatic carbocycles. The number of carbonyl (C=O) groups is 4. The highest BCUT2D eigenvalue weighted by Crippen LogP contribution is 2.60. The lowest BCUT2D eigenvalue weighted by atomic mass is 9.70. The van der Waals surface area contributed by atoms with E-state index < -0.39 is 47.7 Å². The number of rotatable bonds is 15. The number of esters is 1. The van der Waals surface area contributed by atoms with E-state index in [4.69, 9.17) is 9.47 Å². The number of ether oxygens (including phenoxy) is 2. The first kappa shape index (κ1) is 33.9. The Balaban J connectivity index is 1.68. The van der Waals surface area contributed by atoms with Crippen LogP contribution in [-0.2, 0) is 28.7 Å². The van der Waals surface area contributed by atoms with Crippen LogP contribution in [-0.4, -0.2) is 93.0 Å². The first-order valence-corrected chi connectivity index (χ1v) is 16.2. The van der Waals surface area contributed by atoms with E-state index in [0.29, 0.717) is 18.4 Å². The Morgan fingerprint density at radius 1 is 1.23 bits per heavy atom. The Hall–Kier alpha value is -3.02. The zero-order valence-electron chi connectivity index (χ0n) is 25.7. The van der Waals surface area contributed by atoms with Crippen molar-refractivity contribution in [3.05, 3.63) is 61.2 Å². The van der Waals surface area contributed by atoms with Gasteiger partial charge < -0.3 is 29.7 Å². The molecule has 4 rings (SSSR count). The summed E-state index contributed by atoms with van der Waals surface area (Å²) in [5, 5.41) is 12.5. The van der Waals surface area contributed by atoms with Crippen LogP contribution in [0.1, 0.15) is 58.1 Å². The van der Waals surface area contributed by atoms with Crippen LogP contribution in [0.25, 0.3) is 0 Å². The highest BCUT2D eigenvalue weighted by Gasteiger charge is 2.77. The minimum Gasteiger partial charge on any atom is -0.455 e. The molecule has 0 aromatic heterocycles. The number of alkyl halides is 1. The molecule has 10 nitrogen and oxygen atoms in total. The number of halogens is 1. The Kier molecular flexibility index (Phi) is 11.1. The number of nitrogens with one attached hydrogen (secondary N) is 1. The molecule has 240 valence electrons. The van der Waals surface area contributed by atoms with Gasteiger partial charge in [0.1, 0.15) is 17.7 Å². The van der Waals surface area contributed by atoms with Crippen LogP contribution in [0.5, 0.6) is 0 Å². The number of carbonyl (C=O) groups excluding carboxylic acids is 4. The third-order valence-electron chi connectivity index (χ3n) is 8.87. The fourth-order valence-corrected chi connectivity index (χ4v) is 7.89. The van der Waals surface area contributed by atoms with E-state index in [1.54, 1.807) is 24.0 Å². The molecule has 0 saturated carbocycles. The second kappa shape index (κ2) is 14.4. The standard InChI is InChI=1S/C33H44BrN3O7/c1-6-8-15-24(39)35-21(5)27(22-13-10-9-11-14-22)43-32(42)25-26-30(40)37(17-12-18-38)29(31(41)36(16-7-2)20(3)4)33(26)19-23(34)28(25)44-33/h6-7,9-11,13-14,20-21,23,25-29,38H,1-2,8,12,15-19H2,3-5H3,(H,35,39)/t21-,23?,25-,26+,27-,28-,29-,33+/m1/s1. The van der Waals surface area contributed by atoms with Crippen LogP contribution in [0.3, 0.4) is 0 Å². The molecule has 3 amide bonds. The van der Waals surface area contributed by atoms with E-state index >= 15 is 0 Å². The molecule has 0 radical (unpaired) electrons. The van der Waals surface area contributed by atoms with Gasteiger partial charge in [-0.2, -0.15) is 0 Å². The van der Waals surface area contributed by atoms with Gasteiger partial charge >= 0.3 is 5.97 Å². The van der Waals surface area contributed by atoms with Crippen LogP contribution in [0.2, 0.25) is 0 Å². The zero-order valence-corrected chi connectivity index (χ0v) is 27.3. The summed E-state index contributed by atoms with van der Waals surface area (Å²) >= 11 is 3.69. The topological polar surface area (TPSA) is 125 Å². The molecule has 2 N–H and O–H groups in total. The first-order chi connectivity index (χ1) is 21.0. The van der Waals surface area contributed by atoms with Crippen molar-refractivity contribution in [1.29, 1.82) is 0 Å². The van der Waals surface area contributed by atoms with E-state index in [1.807, 2.05) is 44.2 Å². The van der Waals surface area contributed by atoms with Gasteiger partial charge in [-0.1, -0.05) is 58.4 Å².